The van der Waals surface area contributed by atoms with E-state index in [0.717, 1.165) is 34.2 Å². The topological polar surface area (TPSA) is 133 Å². The van der Waals surface area contributed by atoms with Gasteiger partial charge in [0.25, 0.3) is 5.91 Å². The third-order valence-electron chi connectivity index (χ3n) is 5.21. The minimum absolute atomic E-state index is 0.155. The number of carboxylic acids is 2. The molecule has 0 aliphatic heterocycles. The van der Waals surface area contributed by atoms with Crippen LogP contribution >= 0.6 is 11.8 Å². The smallest absolute Gasteiger partial charge is 0.336 e. The number of carbonyl (C=O) groups is 4. The van der Waals surface area contributed by atoms with Crippen LogP contribution in [0.4, 0.5) is 11.4 Å². The van der Waals surface area contributed by atoms with Crippen LogP contribution in [0.1, 0.15) is 49.1 Å². The molecule has 8 nitrogen and oxygen atoms in total. The maximum atomic E-state index is 12.7. The zero-order valence-corrected chi connectivity index (χ0v) is 19.9. The van der Waals surface area contributed by atoms with E-state index in [-0.39, 0.29) is 22.8 Å². The molecular weight excluding hydrogens is 468 g/mol. The normalized spacial score (nSPS) is 10.5. The maximum Gasteiger partial charge on any atom is 0.336 e. The Hall–Kier alpha value is -4.11. The minimum Gasteiger partial charge on any atom is -0.478 e. The lowest BCUT2D eigenvalue weighted by Gasteiger charge is -2.13. The van der Waals surface area contributed by atoms with Crippen molar-refractivity contribution < 1.29 is 29.4 Å². The van der Waals surface area contributed by atoms with Gasteiger partial charge in [0.15, 0.2) is 0 Å². The molecule has 3 rings (SSSR count). The van der Waals surface area contributed by atoms with E-state index < -0.39 is 23.4 Å². The molecule has 0 saturated heterocycles. The molecule has 0 heterocycles. The van der Waals surface area contributed by atoms with Gasteiger partial charge in [-0.2, -0.15) is 0 Å². The number of carbonyl (C=O) groups excluding carboxylic acids is 2. The van der Waals surface area contributed by atoms with E-state index in [0.29, 0.717) is 5.69 Å². The SMILES string of the molecule is CCc1cccc(C)c1NC(=O)CSc1cccc(NC(=O)c2ccc(C(=O)O)cc2C(=O)O)c1. The minimum atomic E-state index is -1.41. The van der Waals surface area contributed by atoms with Gasteiger partial charge in [-0.1, -0.05) is 31.2 Å². The first-order valence-electron chi connectivity index (χ1n) is 10.7. The molecular formula is C26H24N2O6S. The van der Waals surface area contributed by atoms with Crippen molar-refractivity contribution in [3.05, 3.63) is 88.5 Å². The second-order valence-electron chi connectivity index (χ2n) is 7.65. The Kier molecular flexibility index (Phi) is 8.27. The Morgan fingerprint density at radius 1 is 0.857 bits per heavy atom. The number of nitrogens with one attached hydrogen (secondary N) is 2. The van der Waals surface area contributed by atoms with Gasteiger partial charge in [-0.25, -0.2) is 9.59 Å². The van der Waals surface area contributed by atoms with Crippen LogP contribution in [0, 0.1) is 6.92 Å². The second kappa shape index (κ2) is 11.3. The van der Waals surface area contributed by atoms with E-state index in [4.69, 9.17) is 5.11 Å². The van der Waals surface area contributed by atoms with Crippen LogP contribution < -0.4 is 10.6 Å². The van der Waals surface area contributed by atoms with E-state index in [1.54, 1.807) is 24.3 Å². The highest BCUT2D eigenvalue weighted by Crippen LogP contribution is 2.25. The molecule has 0 aliphatic rings. The summed E-state index contributed by atoms with van der Waals surface area (Å²) in [6.45, 7) is 3.97. The monoisotopic (exact) mass is 492 g/mol. The summed E-state index contributed by atoms with van der Waals surface area (Å²) < 4.78 is 0. The number of amides is 2. The molecule has 0 aliphatic carbocycles. The lowest BCUT2D eigenvalue weighted by atomic mass is 10.0. The van der Waals surface area contributed by atoms with Crippen molar-refractivity contribution in [3.8, 4) is 0 Å². The molecule has 0 aromatic heterocycles. The molecule has 0 fully saturated rings. The molecule has 0 saturated carbocycles. The number of rotatable bonds is 9. The van der Waals surface area contributed by atoms with Crippen LogP contribution in [0.5, 0.6) is 0 Å². The molecule has 0 atom stereocenters. The first-order chi connectivity index (χ1) is 16.7. The molecule has 0 spiro atoms. The fourth-order valence-electron chi connectivity index (χ4n) is 3.44. The number of thioether (sulfide) groups is 1. The maximum absolute atomic E-state index is 12.7. The van der Waals surface area contributed by atoms with Crippen molar-refractivity contribution in [3.63, 3.8) is 0 Å². The molecule has 2 amide bonds. The van der Waals surface area contributed by atoms with Gasteiger partial charge >= 0.3 is 11.9 Å². The number of para-hydroxylation sites is 1. The number of carboxylic acid groups (broad SMARTS) is 2. The molecule has 35 heavy (non-hydrogen) atoms. The van der Waals surface area contributed by atoms with Gasteiger partial charge in [0.1, 0.15) is 0 Å². The number of hydrogen-bond acceptors (Lipinski definition) is 5. The molecule has 180 valence electrons. The summed E-state index contributed by atoms with van der Waals surface area (Å²) in [7, 11) is 0. The van der Waals surface area contributed by atoms with Crippen molar-refractivity contribution in [2.24, 2.45) is 0 Å². The van der Waals surface area contributed by atoms with Crippen LogP contribution in [0.3, 0.4) is 0 Å². The Balaban J connectivity index is 1.68. The molecule has 0 bridgehead atoms. The van der Waals surface area contributed by atoms with Gasteiger partial charge in [0, 0.05) is 16.3 Å². The lowest BCUT2D eigenvalue weighted by Crippen LogP contribution is -2.17. The Labute approximate surface area is 206 Å². The number of benzene rings is 3. The Morgan fingerprint density at radius 2 is 1.60 bits per heavy atom. The highest BCUT2D eigenvalue weighted by atomic mass is 32.2. The number of anilines is 2. The Morgan fingerprint density at radius 3 is 2.29 bits per heavy atom. The second-order valence-corrected chi connectivity index (χ2v) is 8.70. The lowest BCUT2D eigenvalue weighted by molar-refractivity contribution is -0.113. The van der Waals surface area contributed by atoms with Crippen molar-refractivity contribution >= 4 is 46.9 Å². The third kappa shape index (κ3) is 6.48. The largest absolute Gasteiger partial charge is 0.478 e. The summed E-state index contributed by atoms with van der Waals surface area (Å²) >= 11 is 1.29. The zero-order chi connectivity index (χ0) is 25.5. The number of aromatic carboxylic acids is 2. The first-order valence-corrected chi connectivity index (χ1v) is 11.7. The van der Waals surface area contributed by atoms with Crippen LogP contribution in [0.15, 0.2) is 65.6 Å². The quantitative estimate of drug-likeness (QED) is 0.311. The van der Waals surface area contributed by atoms with E-state index in [1.807, 2.05) is 32.0 Å². The average molecular weight is 493 g/mol. The van der Waals surface area contributed by atoms with Crippen molar-refractivity contribution in [2.75, 3.05) is 16.4 Å². The van der Waals surface area contributed by atoms with Gasteiger partial charge in [0.2, 0.25) is 5.91 Å². The molecule has 3 aromatic rings. The van der Waals surface area contributed by atoms with Gasteiger partial charge in [-0.3, -0.25) is 9.59 Å². The van der Waals surface area contributed by atoms with E-state index in [2.05, 4.69) is 10.6 Å². The van der Waals surface area contributed by atoms with Gasteiger partial charge in [0.05, 0.1) is 22.4 Å². The van der Waals surface area contributed by atoms with Crippen LogP contribution in [-0.2, 0) is 11.2 Å². The summed E-state index contributed by atoms with van der Waals surface area (Å²) in [6, 6.07) is 16.0. The van der Waals surface area contributed by atoms with Crippen molar-refractivity contribution in [2.45, 2.75) is 25.2 Å². The van der Waals surface area contributed by atoms with E-state index in [9.17, 15) is 24.3 Å². The molecule has 4 N–H and O–H groups in total. The fourth-order valence-corrected chi connectivity index (χ4v) is 4.20. The number of aryl methyl sites for hydroxylation is 2. The van der Waals surface area contributed by atoms with E-state index >= 15 is 0 Å². The average Bonchev–Trinajstić information content (AvgIpc) is 2.83. The predicted octanol–water partition coefficient (Wildman–Crippen LogP) is 4.94. The van der Waals surface area contributed by atoms with Crippen molar-refractivity contribution in [1.29, 1.82) is 0 Å². The number of hydrogen-bond donors (Lipinski definition) is 4. The zero-order valence-electron chi connectivity index (χ0n) is 19.1. The first kappa shape index (κ1) is 25.5. The third-order valence-corrected chi connectivity index (χ3v) is 6.20. The van der Waals surface area contributed by atoms with E-state index in [1.165, 1.54) is 23.9 Å². The Bertz CT molecular complexity index is 1300. The molecule has 9 heteroatoms. The summed E-state index contributed by atoms with van der Waals surface area (Å²) in [6.07, 6.45) is 0.800. The molecule has 3 aromatic carbocycles. The van der Waals surface area contributed by atoms with Crippen LogP contribution in [0.2, 0.25) is 0 Å². The van der Waals surface area contributed by atoms with Crippen LogP contribution in [-0.4, -0.2) is 39.7 Å². The fraction of sp³-hybridized carbons (Fsp3) is 0.154. The summed E-state index contributed by atoms with van der Waals surface area (Å²) in [4.78, 5) is 48.6. The van der Waals surface area contributed by atoms with Gasteiger partial charge < -0.3 is 20.8 Å². The summed E-state index contributed by atoms with van der Waals surface area (Å²) in [5, 5.41) is 24.1. The predicted molar refractivity (Wildman–Crippen MR) is 135 cm³/mol. The molecule has 0 unspecified atom stereocenters. The highest BCUT2D eigenvalue weighted by molar-refractivity contribution is 8.00. The van der Waals surface area contributed by atoms with Crippen LogP contribution in [0.25, 0.3) is 0 Å². The summed E-state index contributed by atoms with van der Waals surface area (Å²) in [5.41, 5.74) is 2.48. The van der Waals surface area contributed by atoms with Crippen molar-refractivity contribution in [1.82, 2.24) is 0 Å². The summed E-state index contributed by atoms with van der Waals surface area (Å²) in [5.74, 6) is -3.38. The highest BCUT2D eigenvalue weighted by Gasteiger charge is 2.19. The van der Waals surface area contributed by atoms with Gasteiger partial charge in [-0.05, 0) is 60.9 Å². The molecule has 0 radical (unpaired) electrons. The standard InChI is InChI=1S/C26H24N2O6S/c1-3-16-7-4-6-15(2)23(16)28-22(29)14-35-19-9-5-8-18(13-19)27-24(30)20-11-10-17(25(31)32)12-21(20)26(33)34/h4-13H,3,14H2,1-2H3,(H,27,30)(H,28,29)(H,31,32)(H,33,34). The van der Waals surface area contributed by atoms with Gasteiger partial charge in [-0.15, -0.1) is 11.8 Å².